The summed E-state index contributed by atoms with van der Waals surface area (Å²) < 4.78 is 13.2. The largest absolute Gasteiger partial charge is 0.395 e. The summed E-state index contributed by atoms with van der Waals surface area (Å²) in [4.78, 5) is 17.2. The van der Waals surface area contributed by atoms with Crippen LogP contribution in [0.2, 0.25) is 0 Å². The number of halogens is 1. The van der Waals surface area contributed by atoms with Crippen molar-refractivity contribution in [2.75, 3.05) is 32.1 Å². The van der Waals surface area contributed by atoms with E-state index in [9.17, 15) is 9.18 Å². The first-order chi connectivity index (χ1) is 8.60. The van der Waals surface area contributed by atoms with E-state index < -0.39 is 5.82 Å². The second kappa shape index (κ2) is 6.90. The van der Waals surface area contributed by atoms with Crippen LogP contribution >= 0.6 is 0 Å². The van der Waals surface area contributed by atoms with Gasteiger partial charge in [0.25, 0.3) is 5.91 Å². The van der Waals surface area contributed by atoms with Crippen LogP contribution in [0.1, 0.15) is 23.7 Å². The summed E-state index contributed by atoms with van der Waals surface area (Å²) in [5, 5.41) is 11.8. The number of aliphatic hydroxyl groups is 1. The summed E-state index contributed by atoms with van der Waals surface area (Å²) in [6.07, 6.45) is 1.94. The van der Waals surface area contributed by atoms with Crippen LogP contribution in [0.3, 0.4) is 0 Å². The van der Waals surface area contributed by atoms with E-state index in [1.807, 2.05) is 6.92 Å². The minimum atomic E-state index is -0.558. The van der Waals surface area contributed by atoms with Gasteiger partial charge in [-0.05, 0) is 12.5 Å². The molecule has 5 nitrogen and oxygen atoms in total. The minimum absolute atomic E-state index is 0.136. The first-order valence-electron chi connectivity index (χ1n) is 5.85. The predicted octanol–water partition coefficient (Wildman–Crippen LogP) is 1.11. The van der Waals surface area contributed by atoms with E-state index in [0.29, 0.717) is 12.4 Å². The number of likely N-dealkylation sites (N-methyl/N-ethyl adjacent to an activating group) is 1. The van der Waals surface area contributed by atoms with Gasteiger partial charge in [0.1, 0.15) is 11.6 Å². The molecule has 0 radical (unpaired) electrons. The lowest BCUT2D eigenvalue weighted by Gasteiger charge is -2.17. The summed E-state index contributed by atoms with van der Waals surface area (Å²) in [5.41, 5.74) is 0.180. The van der Waals surface area contributed by atoms with Crippen molar-refractivity contribution < 1.29 is 14.3 Å². The Morgan fingerprint density at radius 3 is 2.94 bits per heavy atom. The molecule has 0 bridgehead atoms. The monoisotopic (exact) mass is 255 g/mol. The molecule has 0 unspecified atom stereocenters. The highest BCUT2D eigenvalue weighted by Crippen LogP contribution is 2.15. The van der Waals surface area contributed by atoms with Gasteiger partial charge in [0.05, 0.1) is 18.4 Å². The topological polar surface area (TPSA) is 65.5 Å². The van der Waals surface area contributed by atoms with Gasteiger partial charge in [0.2, 0.25) is 0 Å². The number of carbonyl (C=O) groups excluding carboxylic acids is 1. The summed E-state index contributed by atoms with van der Waals surface area (Å²) in [7, 11) is 1.55. The molecule has 1 rings (SSSR count). The molecule has 0 aliphatic carbocycles. The maximum absolute atomic E-state index is 13.2. The van der Waals surface area contributed by atoms with Crippen LogP contribution in [0.5, 0.6) is 0 Å². The molecular formula is C12H18FN3O2. The van der Waals surface area contributed by atoms with Crippen molar-refractivity contribution >= 4 is 11.7 Å². The van der Waals surface area contributed by atoms with Crippen molar-refractivity contribution in [3.8, 4) is 0 Å². The van der Waals surface area contributed by atoms with Crippen molar-refractivity contribution in [2.45, 2.75) is 13.3 Å². The van der Waals surface area contributed by atoms with E-state index >= 15 is 0 Å². The summed E-state index contributed by atoms with van der Waals surface area (Å²) in [6.45, 7) is 2.70. The van der Waals surface area contributed by atoms with E-state index in [-0.39, 0.29) is 24.6 Å². The molecule has 0 aliphatic heterocycles. The van der Waals surface area contributed by atoms with Gasteiger partial charge in [-0.1, -0.05) is 6.92 Å². The lowest BCUT2D eigenvalue weighted by molar-refractivity contribution is 0.0767. The van der Waals surface area contributed by atoms with Crippen LogP contribution in [-0.2, 0) is 0 Å². The molecule has 0 atom stereocenters. The van der Waals surface area contributed by atoms with E-state index in [0.717, 1.165) is 18.7 Å². The first-order valence-corrected chi connectivity index (χ1v) is 5.85. The summed E-state index contributed by atoms with van der Waals surface area (Å²) in [5.74, 6) is -0.555. The van der Waals surface area contributed by atoms with Gasteiger partial charge in [-0.2, -0.15) is 0 Å². The average Bonchev–Trinajstić information content (AvgIpc) is 2.36. The number of nitrogens with zero attached hydrogens (tertiary/aromatic N) is 2. The van der Waals surface area contributed by atoms with E-state index in [4.69, 9.17) is 5.11 Å². The predicted molar refractivity (Wildman–Crippen MR) is 67.0 cm³/mol. The van der Waals surface area contributed by atoms with Crippen LogP contribution in [0.15, 0.2) is 12.3 Å². The molecular weight excluding hydrogens is 237 g/mol. The Labute approximate surface area is 106 Å². The van der Waals surface area contributed by atoms with Crippen LogP contribution in [0.25, 0.3) is 0 Å². The van der Waals surface area contributed by atoms with Crippen LogP contribution in [-0.4, -0.2) is 47.6 Å². The molecule has 6 heteroatoms. The van der Waals surface area contributed by atoms with Crippen LogP contribution < -0.4 is 5.32 Å². The quantitative estimate of drug-likeness (QED) is 0.799. The molecule has 0 saturated carbocycles. The fourth-order valence-corrected chi connectivity index (χ4v) is 1.44. The van der Waals surface area contributed by atoms with Crippen molar-refractivity contribution in [3.63, 3.8) is 0 Å². The third-order valence-corrected chi connectivity index (χ3v) is 2.41. The fraction of sp³-hybridized carbons (Fsp3) is 0.500. The maximum Gasteiger partial charge on any atom is 0.257 e. The van der Waals surface area contributed by atoms with E-state index in [2.05, 4.69) is 10.3 Å². The number of hydrogen-bond acceptors (Lipinski definition) is 4. The van der Waals surface area contributed by atoms with Crippen molar-refractivity contribution in [3.05, 3.63) is 23.6 Å². The molecule has 0 saturated heterocycles. The molecule has 1 aromatic heterocycles. The Balaban J connectivity index is 2.96. The van der Waals surface area contributed by atoms with Gasteiger partial charge in [-0.15, -0.1) is 0 Å². The normalized spacial score (nSPS) is 10.2. The Morgan fingerprint density at radius 1 is 1.61 bits per heavy atom. The lowest BCUT2D eigenvalue weighted by atomic mass is 10.2. The number of hydrogen-bond donors (Lipinski definition) is 2. The molecule has 2 N–H and O–H groups in total. The third kappa shape index (κ3) is 3.66. The average molecular weight is 255 g/mol. The summed E-state index contributed by atoms with van der Waals surface area (Å²) in [6, 6.07) is 1.15. The Morgan fingerprint density at radius 2 is 2.33 bits per heavy atom. The SMILES string of the molecule is CCCNc1ncc(F)cc1C(=O)N(C)CCO. The number of anilines is 1. The Hall–Kier alpha value is -1.69. The molecule has 0 aliphatic rings. The molecule has 1 aromatic rings. The van der Waals surface area contributed by atoms with Crippen LogP contribution in [0.4, 0.5) is 10.2 Å². The zero-order chi connectivity index (χ0) is 13.5. The second-order valence-corrected chi connectivity index (χ2v) is 3.93. The highest BCUT2D eigenvalue weighted by molar-refractivity contribution is 5.98. The Kier molecular flexibility index (Phi) is 5.51. The molecule has 0 spiro atoms. The molecule has 18 heavy (non-hydrogen) atoms. The number of aliphatic hydroxyl groups excluding tert-OH is 1. The Bertz CT molecular complexity index is 412. The van der Waals surface area contributed by atoms with E-state index in [1.165, 1.54) is 4.90 Å². The minimum Gasteiger partial charge on any atom is -0.395 e. The second-order valence-electron chi connectivity index (χ2n) is 3.93. The first kappa shape index (κ1) is 14.4. The van der Waals surface area contributed by atoms with Crippen molar-refractivity contribution in [1.29, 1.82) is 0 Å². The van der Waals surface area contributed by atoms with Crippen molar-refractivity contribution in [2.24, 2.45) is 0 Å². The van der Waals surface area contributed by atoms with Crippen molar-refractivity contribution in [1.82, 2.24) is 9.88 Å². The molecule has 0 fully saturated rings. The molecule has 100 valence electrons. The number of aromatic nitrogens is 1. The lowest BCUT2D eigenvalue weighted by Crippen LogP contribution is -2.30. The standard InChI is InChI=1S/C12H18FN3O2/c1-3-4-14-11-10(7-9(13)8-15-11)12(18)16(2)5-6-17/h7-8,17H,3-6H2,1-2H3,(H,14,15). The van der Waals surface area contributed by atoms with Gasteiger partial charge in [-0.25, -0.2) is 9.37 Å². The number of rotatable bonds is 6. The summed E-state index contributed by atoms with van der Waals surface area (Å²) >= 11 is 0. The number of amides is 1. The van der Waals surface area contributed by atoms with Crippen LogP contribution in [0, 0.1) is 5.82 Å². The molecule has 0 aromatic carbocycles. The molecule has 1 amide bonds. The highest BCUT2D eigenvalue weighted by Gasteiger charge is 2.17. The number of nitrogens with one attached hydrogen (secondary N) is 1. The highest BCUT2D eigenvalue weighted by atomic mass is 19.1. The van der Waals surface area contributed by atoms with Gasteiger partial charge < -0.3 is 15.3 Å². The molecule has 1 heterocycles. The van der Waals surface area contributed by atoms with Gasteiger partial charge >= 0.3 is 0 Å². The zero-order valence-electron chi connectivity index (χ0n) is 10.6. The number of carbonyl (C=O) groups is 1. The van der Waals surface area contributed by atoms with Gasteiger partial charge in [0, 0.05) is 20.1 Å². The fourth-order valence-electron chi connectivity index (χ4n) is 1.44. The number of pyridine rings is 1. The zero-order valence-corrected chi connectivity index (χ0v) is 10.6. The van der Waals surface area contributed by atoms with E-state index in [1.54, 1.807) is 7.05 Å². The smallest absolute Gasteiger partial charge is 0.257 e. The van der Waals surface area contributed by atoms with Gasteiger partial charge in [0.15, 0.2) is 0 Å². The van der Waals surface area contributed by atoms with Gasteiger partial charge in [-0.3, -0.25) is 4.79 Å². The third-order valence-electron chi connectivity index (χ3n) is 2.41. The maximum atomic E-state index is 13.2.